The molecule has 0 aliphatic rings. The van der Waals surface area contributed by atoms with Crippen LogP contribution < -0.4 is 0 Å². The van der Waals surface area contributed by atoms with Gasteiger partial charge in [-0.05, 0) is 19.1 Å². The van der Waals surface area contributed by atoms with E-state index in [1.807, 2.05) is 29.9 Å². The molecule has 0 atom stereocenters. The quantitative estimate of drug-likeness (QED) is 0.615. The fourth-order valence-corrected chi connectivity index (χ4v) is 2.19. The van der Waals surface area contributed by atoms with Crippen LogP contribution in [0.25, 0.3) is 22.2 Å². The van der Waals surface area contributed by atoms with Crippen molar-refractivity contribution in [2.75, 3.05) is 0 Å². The molecule has 0 bridgehead atoms. The zero-order valence-corrected chi connectivity index (χ0v) is 10.0. The van der Waals surface area contributed by atoms with Crippen molar-refractivity contribution < 1.29 is 0 Å². The van der Waals surface area contributed by atoms with Crippen molar-refractivity contribution in [1.82, 2.24) is 9.78 Å². The zero-order chi connectivity index (χ0) is 11.8. The average molecular weight is 222 g/mol. The molecule has 3 aromatic rings. The largest absolute Gasteiger partial charge is 0.267 e. The summed E-state index contributed by atoms with van der Waals surface area (Å²) in [6.45, 7) is 2.11. The molecule has 1 heterocycles. The van der Waals surface area contributed by atoms with Gasteiger partial charge in [-0.2, -0.15) is 5.10 Å². The van der Waals surface area contributed by atoms with Gasteiger partial charge in [0.05, 0.1) is 5.52 Å². The standard InChI is InChI=1S/C15H14N2/c1-11-8-9-14-13(10-11)15(16-17(14)2)12-6-4-3-5-7-12/h3-10H,1-2H3. The van der Waals surface area contributed by atoms with E-state index in [4.69, 9.17) is 0 Å². The molecule has 0 saturated heterocycles. The maximum atomic E-state index is 4.62. The van der Waals surface area contributed by atoms with E-state index in [1.54, 1.807) is 0 Å². The van der Waals surface area contributed by atoms with E-state index < -0.39 is 0 Å². The van der Waals surface area contributed by atoms with E-state index in [2.05, 4.69) is 42.4 Å². The smallest absolute Gasteiger partial charge is 0.100 e. The van der Waals surface area contributed by atoms with Crippen molar-refractivity contribution in [2.45, 2.75) is 6.92 Å². The fourth-order valence-electron chi connectivity index (χ4n) is 2.19. The molecule has 0 radical (unpaired) electrons. The lowest BCUT2D eigenvalue weighted by atomic mass is 10.1. The van der Waals surface area contributed by atoms with Gasteiger partial charge in [-0.15, -0.1) is 0 Å². The summed E-state index contributed by atoms with van der Waals surface area (Å²) < 4.78 is 1.94. The third kappa shape index (κ3) is 1.62. The van der Waals surface area contributed by atoms with Crippen molar-refractivity contribution in [2.24, 2.45) is 7.05 Å². The Balaban J connectivity index is 2.34. The summed E-state index contributed by atoms with van der Waals surface area (Å²) in [5, 5.41) is 5.84. The molecular weight excluding hydrogens is 208 g/mol. The summed E-state index contributed by atoms with van der Waals surface area (Å²) in [6.07, 6.45) is 0. The summed E-state index contributed by atoms with van der Waals surface area (Å²) in [6, 6.07) is 16.8. The van der Waals surface area contributed by atoms with Gasteiger partial charge >= 0.3 is 0 Å². The van der Waals surface area contributed by atoms with Crippen LogP contribution in [0, 0.1) is 6.92 Å². The second-order valence-electron chi connectivity index (χ2n) is 4.36. The molecule has 0 aliphatic heterocycles. The van der Waals surface area contributed by atoms with Crippen LogP contribution in [0.15, 0.2) is 48.5 Å². The van der Waals surface area contributed by atoms with E-state index in [0.29, 0.717) is 0 Å². The van der Waals surface area contributed by atoms with Crippen LogP contribution in [0.2, 0.25) is 0 Å². The number of aromatic nitrogens is 2. The first-order chi connectivity index (χ1) is 8.25. The number of benzene rings is 2. The molecule has 2 aromatic carbocycles. The van der Waals surface area contributed by atoms with E-state index in [0.717, 1.165) is 5.69 Å². The van der Waals surface area contributed by atoms with Crippen molar-refractivity contribution in [3.63, 3.8) is 0 Å². The molecule has 3 rings (SSSR count). The molecule has 17 heavy (non-hydrogen) atoms. The third-order valence-electron chi connectivity index (χ3n) is 3.05. The van der Waals surface area contributed by atoms with E-state index in [1.165, 1.54) is 22.0 Å². The van der Waals surface area contributed by atoms with Gasteiger partial charge in [-0.1, -0.05) is 42.0 Å². The van der Waals surface area contributed by atoms with Crippen molar-refractivity contribution in [3.8, 4) is 11.3 Å². The molecule has 0 N–H and O–H groups in total. The number of hydrogen-bond acceptors (Lipinski definition) is 1. The second kappa shape index (κ2) is 3.74. The first-order valence-corrected chi connectivity index (χ1v) is 5.74. The van der Waals surface area contributed by atoms with Crippen LogP contribution in [0.5, 0.6) is 0 Å². The molecule has 0 saturated carbocycles. The van der Waals surface area contributed by atoms with Gasteiger partial charge in [0.2, 0.25) is 0 Å². The summed E-state index contributed by atoms with van der Waals surface area (Å²) in [5.41, 5.74) is 4.67. The lowest BCUT2D eigenvalue weighted by molar-refractivity contribution is 0.800. The number of fused-ring (bicyclic) bond motifs is 1. The van der Waals surface area contributed by atoms with Crippen LogP contribution >= 0.6 is 0 Å². The summed E-state index contributed by atoms with van der Waals surface area (Å²) in [4.78, 5) is 0. The average Bonchev–Trinajstić information content (AvgIpc) is 2.67. The predicted octanol–water partition coefficient (Wildman–Crippen LogP) is 3.55. The number of aryl methyl sites for hydroxylation is 2. The molecule has 0 fully saturated rings. The molecular formula is C15H14N2. The summed E-state index contributed by atoms with van der Waals surface area (Å²) >= 11 is 0. The van der Waals surface area contributed by atoms with Gasteiger partial charge in [0, 0.05) is 18.0 Å². The second-order valence-corrected chi connectivity index (χ2v) is 4.36. The molecule has 0 unspecified atom stereocenters. The van der Waals surface area contributed by atoms with Gasteiger partial charge in [0.1, 0.15) is 5.69 Å². The number of nitrogens with zero attached hydrogens (tertiary/aromatic N) is 2. The van der Waals surface area contributed by atoms with Gasteiger partial charge in [-0.3, -0.25) is 4.68 Å². The Hall–Kier alpha value is -2.09. The van der Waals surface area contributed by atoms with Crippen LogP contribution in [-0.4, -0.2) is 9.78 Å². The Morgan fingerprint density at radius 2 is 1.76 bits per heavy atom. The van der Waals surface area contributed by atoms with Gasteiger partial charge in [0.25, 0.3) is 0 Å². The normalized spacial score (nSPS) is 10.9. The van der Waals surface area contributed by atoms with Crippen LogP contribution in [0.1, 0.15) is 5.56 Å². The molecule has 2 heteroatoms. The highest BCUT2D eigenvalue weighted by Gasteiger charge is 2.09. The fraction of sp³-hybridized carbons (Fsp3) is 0.133. The predicted molar refractivity (Wildman–Crippen MR) is 70.9 cm³/mol. The topological polar surface area (TPSA) is 17.8 Å². The highest BCUT2D eigenvalue weighted by molar-refractivity contribution is 5.93. The first kappa shape index (κ1) is 10.1. The molecule has 1 aromatic heterocycles. The van der Waals surface area contributed by atoms with Crippen molar-refractivity contribution >= 4 is 10.9 Å². The minimum atomic E-state index is 1.06. The Labute approximate surface area is 101 Å². The van der Waals surface area contributed by atoms with Crippen LogP contribution in [0.4, 0.5) is 0 Å². The van der Waals surface area contributed by atoms with Gasteiger partial charge < -0.3 is 0 Å². The van der Waals surface area contributed by atoms with Crippen LogP contribution in [-0.2, 0) is 7.05 Å². The monoisotopic (exact) mass is 222 g/mol. The highest BCUT2D eigenvalue weighted by atomic mass is 15.3. The van der Waals surface area contributed by atoms with Crippen molar-refractivity contribution in [1.29, 1.82) is 0 Å². The summed E-state index contributed by atoms with van der Waals surface area (Å²) in [7, 11) is 1.99. The van der Waals surface area contributed by atoms with E-state index in [-0.39, 0.29) is 0 Å². The first-order valence-electron chi connectivity index (χ1n) is 5.74. The minimum absolute atomic E-state index is 1.06. The highest BCUT2D eigenvalue weighted by Crippen LogP contribution is 2.27. The zero-order valence-electron chi connectivity index (χ0n) is 10.0. The molecule has 0 spiro atoms. The van der Waals surface area contributed by atoms with Crippen molar-refractivity contribution in [3.05, 3.63) is 54.1 Å². The van der Waals surface area contributed by atoms with E-state index >= 15 is 0 Å². The lowest BCUT2D eigenvalue weighted by Gasteiger charge is -1.97. The molecule has 0 amide bonds. The Bertz CT molecular complexity index is 666. The summed E-state index contributed by atoms with van der Waals surface area (Å²) in [5.74, 6) is 0. The van der Waals surface area contributed by atoms with E-state index in [9.17, 15) is 0 Å². The molecule has 0 aliphatic carbocycles. The molecule has 2 nitrogen and oxygen atoms in total. The number of rotatable bonds is 1. The SMILES string of the molecule is Cc1ccc2c(c1)c(-c1ccccc1)nn2C. The Morgan fingerprint density at radius 1 is 1.00 bits per heavy atom. The van der Waals surface area contributed by atoms with Gasteiger partial charge in [-0.25, -0.2) is 0 Å². The maximum absolute atomic E-state index is 4.62. The molecule has 84 valence electrons. The maximum Gasteiger partial charge on any atom is 0.100 e. The Morgan fingerprint density at radius 3 is 2.53 bits per heavy atom. The lowest BCUT2D eigenvalue weighted by Crippen LogP contribution is -1.89. The minimum Gasteiger partial charge on any atom is -0.267 e. The number of hydrogen-bond donors (Lipinski definition) is 0. The van der Waals surface area contributed by atoms with Gasteiger partial charge in [0.15, 0.2) is 0 Å². The Kier molecular flexibility index (Phi) is 2.22. The third-order valence-corrected chi connectivity index (χ3v) is 3.05. The van der Waals surface area contributed by atoms with Crippen LogP contribution in [0.3, 0.4) is 0 Å².